The minimum Gasteiger partial charge on any atom is -0.397 e. The summed E-state index contributed by atoms with van der Waals surface area (Å²) in [4.78, 5) is 8.19. The van der Waals surface area contributed by atoms with Crippen LogP contribution in [-0.2, 0) is 13.5 Å². The van der Waals surface area contributed by atoms with E-state index in [1.807, 2.05) is 13.1 Å². The molecular formula is C11H13N7. The van der Waals surface area contributed by atoms with Gasteiger partial charge in [0.25, 0.3) is 0 Å². The molecule has 0 unspecified atom stereocenters. The molecule has 18 heavy (non-hydrogen) atoms. The van der Waals surface area contributed by atoms with Crippen LogP contribution in [-0.4, -0.2) is 26.3 Å². The smallest absolute Gasteiger partial charge is 0.152 e. The van der Waals surface area contributed by atoms with E-state index in [0.717, 1.165) is 5.82 Å². The predicted molar refractivity (Wildman–Crippen MR) is 66.6 cm³/mol. The molecule has 7 nitrogen and oxygen atoms in total. The predicted octanol–water partition coefficient (Wildman–Crippen LogP) is 0.319. The molecule has 0 fully saturated rings. The Morgan fingerprint density at radius 1 is 1.50 bits per heavy atom. The van der Waals surface area contributed by atoms with E-state index in [2.05, 4.69) is 20.4 Å². The molecule has 2 aromatic heterocycles. The second-order valence-corrected chi connectivity index (χ2v) is 3.79. The summed E-state index contributed by atoms with van der Waals surface area (Å²) < 4.78 is 1.65. The number of anilines is 2. The number of nitrogens with one attached hydrogen (secondary N) is 1. The van der Waals surface area contributed by atoms with Gasteiger partial charge < -0.3 is 11.1 Å². The van der Waals surface area contributed by atoms with Gasteiger partial charge in [0, 0.05) is 20.0 Å². The van der Waals surface area contributed by atoms with Crippen molar-refractivity contribution in [3.05, 3.63) is 30.0 Å². The second-order valence-electron chi connectivity index (χ2n) is 3.79. The first kappa shape index (κ1) is 11.9. The molecule has 0 radical (unpaired) electrons. The molecule has 0 aliphatic rings. The lowest BCUT2D eigenvalue weighted by atomic mass is 10.2. The third-order valence-electron chi connectivity index (χ3n) is 2.32. The molecule has 0 aromatic carbocycles. The largest absolute Gasteiger partial charge is 0.397 e. The summed E-state index contributed by atoms with van der Waals surface area (Å²) in [5.41, 5.74) is 6.47. The number of nitrogen functional groups attached to an aromatic ring is 1. The molecule has 0 aliphatic carbocycles. The maximum atomic E-state index is 8.95. The Morgan fingerprint density at radius 3 is 3.00 bits per heavy atom. The molecule has 2 heterocycles. The summed E-state index contributed by atoms with van der Waals surface area (Å²) in [6.07, 6.45) is 3.83. The third-order valence-corrected chi connectivity index (χ3v) is 2.32. The van der Waals surface area contributed by atoms with Gasteiger partial charge in [-0.25, -0.2) is 9.97 Å². The molecule has 0 spiro atoms. The maximum Gasteiger partial charge on any atom is 0.152 e. The van der Waals surface area contributed by atoms with Gasteiger partial charge in [-0.2, -0.15) is 10.4 Å². The summed E-state index contributed by atoms with van der Waals surface area (Å²) in [6.45, 7) is 0.607. The van der Waals surface area contributed by atoms with E-state index < -0.39 is 0 Å². The summed E-state index contributed by atoms with van der Waals surface area (Å²) in [6, 6.07) is 3.64. The van der Waals surface area contributed by atoms with Gasteiger partial charge in [-0.15, -0.1) is 0 Å². The average molecular weight is 243 g/mol. The van der Waals surface area contributed by atoms with E-state index >= 15 is 0 Å². The van der Waals surface area contributed by atoms with Crippen molar-refractivity contribution in [3.63, 3.8) is 0 Å². The van der Waals surface area contributed by atoms with Crippen molar-refractivity contribution in [2.75, 3.05) is 17.6 Å². The number of aromatic nitrogens is 4. The lowest BCUT2D eigenvalue weighted by Gasteiger charge is -2.06. The number of nitrogens with zero attached hydrogens (tertiary/aromatic N) is 5. The number of pyridine rings is 1. The van der Waals surface area contributed by atoms with Gasteiger partial charge in [-0.1, -0.05) is 0 Å². The van der Waals surface area contributed by atoms with Crippen LogP contribution in [0.3, 0.4) is 0 Å². The minimum absolute atomic E-state index is 0.434. The van der Waals surface area contributed by atoms with Crippen LogP contribution in [0.2, 0.25) is 0 Å². The number of nitrogens with two attached hydrogens (primary N) is 1. The quantitative estimate of drug-likeness (QED) is 0.801. The minimum atomic E-state index is 0.434. The van der Waals surface area contributed by atoms with Gasteiger partial charge in [0.1, 0.15) is 18.2 Å². The molecule has 92 valence electrons. The molecule has 0 aliphatic heterocycles. The van der Waals surface area contributed by atoms with Crippen LogP contribution in [0.15, 0.2) is 18.6 Å². The lowest BCUT2D eigenvalue weighted by Crippen LogP contribution is -2.09. The highest BCUT2D eigenvalue weighted by Gasteiger charge is 2.04. The summed E-state index contributed by atoms with van der Waals surface area (Å²) in [7, 11) is 1.82. The van der Waals surface area contributed by atoms with Crippen LogP contribution in [0, 0.1) is 11.3 Å². The first-order valence-corrected chi connectivity index (χ1v) is 5.43. The van der Waals surface area contributed by atoms with Gasteiger partial charge in [-0.3, -0.25) is 4.68 Å². The Balaban J connectivity index is 1.96. The van der Waals surface area contributed by atoms with Crippen LogP contribution in [0.5, 0.6) is 0 Å². The Hall–Kier alpha value is -2.62. The zero-order chi connectivity index (χ0) is 13.0. The molecule has 3 N–H and O–H groups in total. The van der Waals surface area contributed by atoms with E-state index in [0.29, 0.717) is 30.0 Å². The van der Waals surface area contributed by atoms with Crippen molar-refractivity contribution in [1.82, 2.24) is 19.7 Å². The van der Waals surface area contributed by atoms with Crippen molar-refractivity contribution < 1.29 is 0 Å². The molecule has 0 amide bonds. The van der Waals surface area contributed by atoms with E-state index in [-0.39, 0.29) is 0 Å². The van der Waals surface area contributed by atoms with Gasteiger partial charge in [0.15, 0.2) is 5.82 Å². The highest BCUT2D eigenvalue weighted by atomic mass is 15.3. The van der Waals surface area contributed by atoms with Gasteiger partial charge in [0.05, 0.1) is 17.4 Å². The number of nitriles is 1. The first-order valence-electron chi connectivity index (χ1n) is 5.43. The Bertz CT molecular complexity index is 581. The van der Waals surface area contributed by atoms with Crippen molar-refractivity contribution in [3.8, 4) is 6.07 Å². The Kier molecular flexibility index (Phi) is 3.38. The van der Waals surface area contributed by atoms with Crippen molar-refractivity contribution >= 4 is 11.5 Å². The molecule has 2 rings (SSSR count). The van der Waals surface area contributed by atoms with E-state index in [1.165, 1.54) is 6.20 Å². The van der Waals surface area contributed by atoms with Gasteiger partial charge >= 0.3 is 0 Å². The zero-order valence-corrected chi connectivity index (χ0v) is 9.96. The van der Waals surface area contributed by atoms with Crippen molar-refractivity contribution in [2.24, 2.45) is 7.05 Å². The zero-order valence-electron chi connectivity index (χ0n) is 9.96. The molecule has 2 aromatic rings. The normalized spacial score (nSPS) is 10.0. The Labute approximate surface area is 104 Å². The van der Waals surface area contributed by atoms with E-state index in [1.54, 1.807) is 17.1 Å². The molecule has 0 saturated heterocycles. The van der Waals surface area contributed by atoms with E-state index in [4.69, 9.17) is 11.0 Å². The number of aryl methyl sites for hydroxylation is 1. The van der Waals surface area contributed by atoms with Crippen LogP contribution < -0.4 is 11.1 Å². The summed E-state index contributed by atoms with van der Waals surface area (Å²) in [5, 5.41) is 16.2. The highest BCUT2D eigenvalue weighted by Crippen LogP contribution is 2.13. The fraction of sp³-hybridized carbons (Fsp3) is 0.273. The Morgan fingerprint density at radius 2 is 2.33 bits per heavy atom. The molecular weight excluding hydrogens is 230 g/mol. The number of hydrogen-bond acceptors (Lipinski definition) is 6. The number of hydrogen-bond donors (Lipinski definition) is 2. The average Bonchev–Trinajstić information content (AvgIpc) is 2.77. The monoisotopic (exact) mass is 243 g/mol. The fourth-order valence-corrected chi connectivity index (χ4v) is 1.50. The van der Waals surface area contributed by atoms with E-state index in [9.17, 15) is 0 Å². The van der Waals surface area contributed by atoms with Crippen LogP contribution in [0.4, 0.5) is 11.5 Å². The summed E-state index contributed by atoms with van der Waals surface area (Å²) >= 11 is 0. The van der Waals surface area contributed by atoms with Gasteiger partial charge in [0.2, 0.25) is 0 Å². The second kappa shape index (κ2) is 5.14. The third kappa shape index (κ3) is 2.74. The molecule has 0 bridgehead atoms. The highest BCUT2D eigenvalue weighted by molar-refractivity contribution is 5.57. The van der Waals surface area contributed by atoms with Crippen LogP contribution in [0.25, 0.3) is 0 Å². The molecule has 7 heteroatoms. The lowest BCUT2D eigenvalue weighted by molar-refractivity contribution is 0.742. The van der Waals surface area contributed by atoms with Crippen molar-refractivity contribution in [2.45, 2.75) is 6.42 Å². The van der Waals surface area contributed by atoms with Crippen LogP contribution in [0.1, 0.15) is 11.4 Å². The molecule has 0 atom stereocenters. The fourth-order valence-electron chi connectivity index (χ4n) is 1.50. The first-order chi connectivity index (χ1) is 8.69. The topological polar surface area (TPSA) is 105 Å². The summed E-state index contributed by atoms with van der Waals surface area (Å²) in [5.74, 6) is 1.28. The van der Waals surface area contributed by atoms with Gasteiger partial charge in [-0.05, 0) is 6.07 Å². The van der Waals surface area contributed by atoms with Crippen LogP contribution >= 0.6 is 0 Å². The SMILES string of the molecule is Cn1cnc(CCNc2ncc(N)cc2C#N)n1. The molecule has 0 saturated carbocycles. The van der Waals surface area contributed by atoms with Crippen molar-refractivity contribution in [1.29, 1.82) is 5.26 Å². The maximum absolute atomic E-state index is 8.95. The standard InChI is InChI=1S/C11H13N7/c1-18-7-16-10(17-18)2-3-14-11-8(5-12)4-9(13)6-15-11/h4,6-7H,2-3,13H2,1H3,(H,14,15). The number of rotatable bonds is 4.